The van der Waals surface area contributed by atoms with Gasteiger partial charge in [0.1, 0.15) is 5.75 Å². The van der Waals surface area contributed by atoms with E-state index in [1.807, 2.05) is 6.92 Å². The molecule has 1 aliphatic rings. The number of aromatic hydroxyl groups is 1. The maximum Gasteiger partial charge on any atom is 0.306 e. The van der Waals surface area contributed by atoms with Gasteiger partial charge in [-0.05, 0) is 38.0 Å². The SMILES string of the molecule is CC1CC(C(=O)O)CCN1C(=O)c1ccc(O)c(Cl)c1. The largest absolute Gasteiger partial charge is 0.506 e. The third kappa shape index (κ3) is 2.88. The molecule has 1 aromatic carbocycles. The van der Waals surface area contributed by atoms with E-state index in [1.165, 1.54) is 18.2 Å². The van der Waals surface area contributed by atoms with Gasteiger partial charge in [0.25, 0.3) is 5.91 Å². The van der Waals surface area contributed by atoms with Crippen LogP contribution in [0.3, 0.4) is 0 Å². The highest BCUT2D eigenvalue weighted by Gasteiger charge is 2.32. The number of benzene rings is 1. The number of phenolic OH excluding ortho intramolecular Hbond substituents is 1. The van der Waals surface area contributed by atoms with Crippen LogP contribution < -0.4 is 0 Å². The number of hydrogen-bond acceptors (Lipinski definition) is 3. The van der Waals surface area contributed by atoms with Gasteiger partial charge in [-0.15, -0.1) is 0 Å². The number of aliphatic carboxylic acids is 1. The number of carboxylic acid groups (broad SMARTS) is 1. The quantitative estimate of drug-likeness (QED) is 0.878. The molecule has 2 N–H and O–H groups in total. The first-order valence-electron chi connectivity index (χ1n) is 6.42. The van der Waals surface area contributed by atoms with Crippen molar-refractivity contribution in [2.75, 3.05) is 6.54 Å². The van der Waals surface area contributed by atoms with Crippen LogP contribution in [-0.2, 0) is 4.79 Å². The van der Waals surface area contributed by atoms with Crippen LogP contribution in [0.1, 0.15) is 30.1 Å². The topological polar surface area (TPSA) is 77.8 Å². The van der Waals surface area contributed by atoms with Crippen LogP contribution >= 0.6 is 11.6 Å². The highest BCUT2D eigenvalue weighted by atomic mass is 35.5. The molecule has 0 spiro atoms. The molecule has 2 unspecified atom stereocenters. The summed E-state index contributed by atoms with van der Waals surface area (Å²) in [6, 6.07) is 4.18. The first-order valence-corrected chi connectivity index (χ1v) is 6.80. The van der Waals surface area contributed by atoms with Gasteiger partial charge in [-0.3, -0.25) is 9.59 Å². The Morgan fingerprint density at radius 3 is 2.65 bits per heavy atom. The average molecular weight is 298 g/mol. The van der Waals surface area contributed by atoms with Gasteiger partial charge in [-0.1, -0.05) is 11.6 Å². The van der Waals surface area contributed by atoms with Gasteiger partial charge in [-0.2, -0.15) is 0 Å². The molecule has 1 aliphatic heterocycles. The van der Waals surface area contributed by atoms with E-state index < -0.39 is 11.9 Å². The van der Waals surface area contributed by atoms with E-state index in [-0.39, 0.29) is 22.7 Å². The van der Waals surface area contributed by atoms with Crippen LogP contribution in [0.25, 0.3) is 0 Å². The molecule has 0 bridgehead atoms. The smallest absolute Gasteiger partial charge is 0.306 e. The van der Waals surface area contributed by atoms with Crippen molar-refractivity contribution in [2.45, 2.75) is 25.8 Å². The molecule has 0 saturated carbocycles. The van der Waals surface area contributed by atoms with Gasteiger partial charge >= 0.3 is 5.97 Å². The molecular formula is C14H16ClNO4. The number of likely N-dealkylation sites (tertiary alicyclic amines) is 1. The number of carboxylic acids is 1. The number of halogens is 1. The Morgan fingerprint density at radius 2 is 2.10 bits per heavy atom. The summed E-state index contributed by atoms with van der Waals surface area (Å²) < 4.78 is 0. The maximum atomic E-state index is 12.4. The number of phenols is 1. The molecule has 1 fully saturated rings. The highest BCUT2D eigenvalue weighted by Crippen LogP contribution is 2.27. The second kappa shape index (κ2) is 5.71. The van der Waals surface area contributed by atoms with Crippen molar-refractivity contribution in [1.82, 2.24) is 4.90 Å². The van der Waals surface area contributed by atoms with Crippen molar-refractivity contribution in [2.24, 2.45) is 5.92 Å². The predicted octanol–water partition coefficient (Wildman–Crippen LogP) is 2.37. The zero-order valence-corrected chi connectivity index (χ0v) is 11.8. The van der Waals surface area contributed by atoms with Crippen molar-refractivity contribution < 1.29 is 19.8 Å². The fourth-order valence-corrected chi connectivity index (χ4v) is 2.68. The van der Waals surface area contributed by atoms with E-state index >= 15 is 0 Å². The molecule has 0 radical (unpaired) electrons. The molecule has 5 nitrogen and oxygen atoms in total. The number of carbonyl (C=O) groups is 2. The minimum Gasteiger partial charge on any atom is -0.506 e. The molecule has 2 rings (SSSR count). The Balaban J connectivity index is 2.13. The summed E-state index contributed by atoms with van der Waals surface area (Å²) in [7, 11) is 0. The van der Waals surface area contributed by atoms with Crippen molar-refractivity contribution in [3.63, 3.8) is 0 Å². The number of rotatable bonds is 2. The Kier molecular flexibility index (Phi) is 4.18. The third-order valence-corrected chi connectivity index (χ3v) is 3.98. The first-order chi connectivity index (χ1) is 9.40. The van der Waals surface area contributed by atoms with Crippen LogP contribution in [0.2, 0.25) is 5.02 Å². The molecule has 0 aliphatic carbocycles. The van der Waals surface area contributed by atoms with Crippen LogP contribution in [0, 0.1) is 5.92 Å². The first kappa shape index (κ1) is 14.7. The number of amides is 1. The number of hydrogen-bond donors (Lipinski definition) is 2. The molecule has 0 aromatic heterocycles. The average Bonchev–Trinajstić information content (AvgIpc) is 2.41. The lowest BCUT2D eigenvalue weighted by atomic mass is 9.91. The number of carbonyl (C=O) groups excluding carboxylic acids is 1. The minimum atomic E-state index is -0.809. The van der Waals surface area contributed by atoms with E-state index in [0.29, 0.717) is 24.9 Å². The molecule has 20 heavy (non-hydrogen) atoms. The van der Waals surface area contributed by atoms with Gasteiger partial charge < -0.3 is 15.1 Å². The van der Waals surface area contributed by atoms with Crippen LogP contribution in [0.15, 0.2) is 18.2 Å². The lowest BCUT2D eigenvalue weighted by Crippen LogP contribution is -2.46. The van der Waals surface area contributed by atoms with Crippen molar-refractivity contribution in [3.8, 4) is 5.75 Å². The molecule has 1 saturated heterocycles. The van der Waals surface area contributed by atoms with Crippen molar-refractivity contribution in [1.29, 1.82) is 0 Å². The fraction of sp³-hybridized carbons (Fsp3) is 0.429. The minimum absolute atomic E-state index is 0.0687. The molecule has 6 heteroatoms. The van der Waals surface area contributed by atoms with Gasteiger partial charge in [0.15, 0.2) is 0 Å². The Morgan fingerprint density at radius 1 is 1.40 bits per heavy atom. The molecule has 2 atom stereocenters. The standard InChI is InChI=1S/C14H16ClNO4/c1-8-6-10(14(19)20)4-5-16(8)13(18)9-2-3-12(17)11(15)7-9/h2-3,7-8,10,17H,4-6H2,1H3,(H,19,20). The highest BCUT2D eigenvalue weighted by molar-refractivity contribution is 6.32. The zero-order valence-electron chi connectivity index (χ0n) is 11.0. The predicted molar refractivity (Wildman–Crippen MR) is 74.0 cm³/mol. The second-order valence-electron chi connectivity index (χ2n) is 5.07. The summed E-state index contributed by atoms with van der Waals surface area (Å²) in [5.41, 5.74) is 0.397. The number of piperidine rings is 1. The van der Waals surface area contributed by atoms with Gasteiger partial charge in [-0.25, -0.2) is 0 Å². The van der Waals surface area contributed by atoms with Crippen LogP contribution in [-0.4, -0.2) is 39.6 Å². The molecular weight excluding hydrogens is 282 g/mol. The van der Waals surface area contributed by atoms with Crippen LogP contribution in [0.5, 0.6) is 5.75 Å². The Hall–Kier alpha value is -1.75. The normalized spacial score (nSPS) is 22.6. The van der Waals surface area contributed by atoms with Crippen LogP contribution in [0.4, 0.5) is 0 Å². The lowest BCUT2D eigenvalue weighted by Gasteiger charge is -2.36. The van der Waals surface area contributed by atoms with E-state index in [1.54, 1.807) is 4.90 Å². The van der Waals surface area contributed by atoms with Crippen molar-refractivity contribution >= 4 is 23.5 Å². The summed E-state index contributed by atoms with van der Waals surface area (Å²) in [6.07, 6.45) is 0.907. The molecule has 1 aromatic rings. The Bertz CT molecular complexity index is 546. The van der Waals surface area contributed by atoms with E-state index in [2.05, 4.69) is 0 Å². The monoisotopic (exact) mass is 297 g/mol. The zero-order chi connectivity index (χ0) is 14.9. The van der Waals surface area contributed by atoms with E-state index in [0.717, 1.165) is 0 Å². The lowest BCUT2D eigenvalue weighted by molar-refractivity contribution is -0.143. The number of nitrogens with zero attached hydrogens (tertiary/aromatic N) is 1. The molecule has 108 valence electrons. The summed E-state index contributed by atoms with van der Waals surface area (Å²) in [4.78, 5) is 25.0. The molecule has 1 amide bonds. The third-order valence-electron chi connectivity index (χ3n) is 3.68. The van der Waals surface area contributed by atoms with Gasteiger partial charge in [0.2, 0.25) is 0 Å². The maximum absolute atomic E-state index is 12.4. The summed E-state index contributed by atoms with van der Waals surface area (Å²) >= 11 is 5.80. The Labute approximate surface area is 121 Å². The van der Waals surface area contributed by atoms with E-state index in [4.69, 9.17) is 16.7 Å². The summed E-state index contributed by atoms with van der Waals surface area (Å²) in [5, 5.41) is 18.5. The summed E-state index contributed by atoms with van der Waals surface area (Å²) in [5.74, 6) is -1.46. The summed E-state index contributed by atoms with van der Waals surface area (Å²) in [6.45, 7) is 2.25. The fourth-order valence-electron chi connectivity index (χ4n) is 2.50. The van der Waals surface area contributed by atoms with Gasteiger partial charge in [0.05, 0.1) is 10.9 Å². The second-order valence-corrected chi connectivity index (χ2v) is 5.48. The van der Waals surface area contributed by atoms with Gasteiger partial charge in [0, 0.05) is 18.2 Å². The molecule has 1 heterocycles. The van der Waals surface area contributed by atoms with E-state index in [9.17, 15) is 14.7 Å². The van der Waals surface area contributed by atoms with Crippen molar-refractivity contribution in [3.05, 3.63) is 28.8 Å².